The number of fused-ring (bicyclic) bond motifs is 1. The number of nitrogen functional groups attached to an aromatic ring is 1. The molecule has 2 heteroatoms. The third-order valence-corrected chi connectivity index (χ3v) is 1.80. The van der Waals surface area contributed by atoms with Crippen molar-refractivity contribution in [2.45, 2.75) is 0 Å². The Kier molecular flexibility index (Phi) is 1.40. The van der Waals surface area contributed by atoms with Crippen LogP contribution in [0.4, 0.5) is 5.69 Å². The number of aromatic hydroxyl groups is 1. The van der Waals surface area contributed by atoms with Gasteiger partial charge in [-0.2, -0.15) is 0 Å². The quantitative estimate of drug-likeness (QED) is 0.454. The molecule has 3 N–H and O–H groups in total. The van der Waals surface area contributed by atoms with E-state index in [1.54, 1.807) is 6.07 Å². The maximum atomic E-state index is 9.26. The second-order valence-electron chi connectivity index (χ2n) is 2.66. The van der Waals surface area contributed by atoms with Crippen molar-refractivity contribution in [1.82, 2.24) is 0 Å². The van der Waals surface area contributed by atoms with Crippen LogP contribution >= 0.6 is 0 Å². The summed E-state index contributed by atoms with van der Waals surface area (Å²) < 4.78 is 0. The molecule has 0 bridgehead atoms. The highest BCUT2D eigenvalue weighted by molar-refractivity contribution is 5.87. The average molecular weight is 158 g/mol. The van der Waals surface area contributed by atoms with Gasteiger partial charge in [-0.15, -0.1) is 0 Å². The van der Waals surface area contributed by atoms with Gasteiger partial charge in [-0.25, -0.2) is 0 Å². The molecule has 0 spiro atoms. The Bertz CT molecular complexity index is 383. The van der Waals surface area contributed by atoms with Crippen LogP contribution in [0.1, 0.15) is 0 Å². The normalized spacial score (nSPS) is 10.3. The second-order valence-corrected chi connectivity index (χ2v) is 2.66. The first-order valence-corrected chi connectivity index (χ1v) is 3.67. The Morgan fingerprint density at radius 1 is 1.25 bits per heavy atom. The third-order valence-electron chi connectivity index (χ3n) is 1.80. The van der Waals surface area contributed by atoms with Gasteiger partial charge in [0.1, 0.15) is 5.75 Å². The Balaban J connectivity index is 2.84. The zero-order valence-corrected chi connectivity index (χ0v) is 6.41. The first kappa shape index (κ1) is 6.98. The van der Waals surface area contributed by atoms with Crippen LogP contribution < -0.4 is 5.73 Å². The number of nitrogens with two attached hydrogens (primary N) is 1. The van der Waals surface area contributed by atoms with Crippen LogP contribution in [0.3, 0.4) is 0 Å². The fourth-order valence-electron chi connectivity index (χ4n) is 1.17. The van der Waals surface area contributed by atoms with E-state index in [1.807, 2.05) is 24.3 Å². The van der Waals surface area contributed by atoms with Gasteiger partial charge in [0, 0.05) is 6.07 Å². The minimum absolute atomic E-state index is 0.0914. The zero-order chi connectivity index (χ0) is 8.55. The lowest BCUT2D eigenvalue weighted by atomic mass is 10.1. The van der Waals surface area contributed by atoms with Gasteiger partial charge in [0.2, 0.25) is 0 Å². The number of phenolic OH excluding ortho intramolecular Hbond substituents is 1. The molecule has 0 saturated heterocycles. The van der Waals surface area contributed by atoms with Crippen molar-refractivity contribution < 1.29 is 5.11 Å². The van der Waals surface area contributed by atoms with E-state index < -0.39 is 0 Å². The smallest absolute Gasteiger partial charge is 0.139 e. The molecular formula is C10H8NO. The number of hydrogen-bond donors (Lipinski definition) is 2. The molecule has 0 heterocycles. The molecule has 0 aliphatic carbocycles. The number of benzene rings is 2. The fraction of sp³-hybridized carbons (Fsp3) is 0. The minimum Gasteiger partial charge on any atom is -0.506 e. The standard InChI is InChI=1S/C10H8NO/c11-9-5-7-3-1-2-4-8(7)6-10(9)12/h1-4,6,12H,11H2. The summed E-state index contributed by atoms with van der Waals surface area (Å²) in [6.07, 6.45) is 0. The largest absolute Gasteiger partial charge is 0.506 e. The highest BCUT2D eigenvalue weighted by atomic mass is 16.3. The SMILES string of the molecule is Nc1[c]c2ccccc2cc1O. The lowest BCUT2D eigenvalue weighted by Crippen LogP contribution is -1.85. The van der Waals surface area contributed by atoms with Crippen molar-refractivity contribution in [3.05, 3.63) is 36.4 Å². The molecule has 0 aliphatic rings. The summed E-state index contributed by atoms with van der Waals surface area (Å²) in [7, 11) is 0. The van der Waals surface area contributed by atoms with Crippen molar-refractivity contribution in [1.29, 1.82) is 0 Å². The maximum absolute atomic E-state index is 9.26. The molecule has 0 amide bonds. The van der Waals surface area contributed by atoms with Crippen molar-refractivity contribution in [3.63, 3.8) is 0 Å². The van der Waals surface area contributed by atoms with Crippen molar-refractivity contribution in [3.8, 4) is 5.75 Å². The molecule has 59 valence electrons. The van der Waals surface area contributed by atoms with E-state index in [4.69, 9.17) is 5.73 Å². The summed E-state index contributed by atoms with van der Waals surface area (Å²) in [5.41, 5.74) is 5.78. The number of anilines is 1. The summed E-state index contributed by atoms with van der Waals surface area (Å²) in [4.78, 5) is 0. The summed E-state index contributed by atoms with van der Waals surface area (Å²) in [6.45, 7) is 0. The summed E-state index contributed by atoms with van der Waals surface area (Å²) in [6, 6.07) is 12.2. The lowest BCUT2D eigenvalue weighted by Gasteiger charge is -2.00. The van der Waals surface area contributed by atoms with E-state index in [9.17, 15) is 5.11 Å². The molecule has 2 aromatic rings. The van der Waals surface area contributed by atoms with E-state index in [0.29, 0.717) is 5.69 Å². The van der Waals surface area contributed by atoms with E-state index in [-0.39, 0.29) is 5.75 Å². The molecule has 0 aliphatic heterocycles. The fourth-order valence-corrected chi connectivity index (χ4v) is 1.17. The van der Waals surface area contributed by atoms with Crippen LogP contribution in [0, 0.1) is 6.07 Å². The second kappa shape index (κ2) is 2.41. The Hall–Kier alpha value is -1.70. The number of phenols is 1. The van der Waals surface area contributed by atoms with Gasteiger partial charge in [-0.05, 0) is 16.8 Å². The van der Waals surface area contributed by atoms with Gasteiger partial charge in [0.15, 0.2) is 0 Å². The Morgan fingerprint density at radius 3 is 2.83 bits per heavy atom. The highest BCUT2D eigenvalue weighted by Gasteiger charge is 1.98. The van der Waals surface area contributed by atoms with Crippen LogP contribution in [0.15, 0.2) is 30.3 Å². The zero-order valence-electron chi connectivity index (χ0n) is 6.41. The average Bonchev–Trinajstić information content (AvgIpc) is 2.07. The van der Waals surface area contributed by atoms with Gasteiger partial charge in [-0.1, -0.05) is 24.3 Å². The maximum Gasteiger partial charge on any atom is 0.139 e. The predicted molar refractivity (Wildman–Crippen MR) is 48.9 cm³/mol. The molecule has 0 atom stereocenters. The molecular weight excluding hydrogens is 150 g/mol. The van der Waals surface area contributed by atoms with Crippen LogP contribution in [0.2, 0.25) is 0 Å². The Labute approximate surface area is 70.2 Å². The van der Waals surface area contributed by atoms with Gasteiger partial charge < -0.3 is 10.8 Å². The molecule has 0 saturated carbocycles. The van der Waals surface area contributed by atoms with E-state index in [2.05, 4.69) is 6.07 Å². The number of hydrogen-bond acceptors (Lipinski definition) is 2. The van der Waals surface area contributed by atoms with Crippen LogP contribution in [0.5, 0.6) is 5.75 Å². The van der Waals surface area contributed by atoms with Crippen LogP contribution in [0.25, 0.3) is 10.8 Å². The molecule has 2 nitrogen and oxygen atoms in total. The molecule has 12 heavy (non-hydrogen) atoms. The first-order chi connectivity index (χ1) is 5.77. The molecule has 0 unspecified atom stereocenters. The van der Waals surface area contributed by atoms with E-state index in [1.165, 1.54) is 0 Å². The topological polar surface area (TPSA) is 46.2 Å². The van der Waals surface area contributed by atoms with Crippen LogP contribution in [-0.4, -0.2) is 5.11 Å². The highest BCUT2D eigenvalue weighted by Crippen LogP contribution is 2.25. The van der Waals surface area contributed by atoms with Gasteiger partial charge in [-0.3, -0.25) is 0 Å². The molecule has 1 radical (unpaired) electrons. The molecule has 2 aromatic carbocycles. The summed E-state index contributed by atoms with van der Waals surface area (Å²) >= 11 is 0. The van der Waals surface area contributed by atoms with Gasteiger partial charge in [0.25, 0.3) is 0 Å². The van der Waals surface area contributed by atoms with E-state index >= 15 is 0 Å². The Morgan fingerprint density at radius 2 is 2.00 bits per heavy atom. The van der Waals surface area contributed by atoms with Crippen molar-refractivity contribution in [2.75, 3.05) is 5.73 Å². The van der Waals surface area contributed by atoms with Crippen LogP contribution in [-0.2, 0) is 0 Å². The molecule has 0 fully saturated rings. The molecule has 0 aromatic heterocycles. The van der Waals surface area contributed by atoms with Gasteiger partial charge in [0.05, 0.1) is 5.69 Å². The summed E-state index contributed by atoms with van der Waals surface area (Å²) in [5.74, 6) is 0.0914. The molecule has 2 rings (SSSR count). The number of rotatable bonds is 0. The third kappa shape index (κ3) is 0.975. The predicted octanol–water partition coefficient (Wildman–Crippen LogP) is 1.93. The first-order valence-electron chi connectivity index (χ1n) is 3.67. The lowest BCUT2D eigenvalue weighted by molar-refractivity contribution is 0.478. The van der Waals surface area contributed by atoms with Crippen molar-refractivity contribution in [2.24, 2.45) is 0 Å². The van der Waals surface area contributed by atoms with Gasteiger partial charge >= 0.3 is 0 Å². The van der Waals surface area contributed by atoms with E-state index in [0.717, 1.165) is 10.8 Å². The van der Waals surface area contributed by atoms with Crippen molar-refractivity contribution >= 4 is 16.5 Å². The minimum atomic E-state index is 0.0914. The summed E-state index contributed by atoms with van der Waals surface area (Å²) in [5, 5.41) is 11.1. The monoisotopic (exact) mass is 158 g/mol.